The Hall–Kier alpha value is -1.75. The van der Waals surface area contributed by atoms with Crippen LogP contribution in [-0.4, -0.2) is 44.3 Å². The topological polar surface area (TPSA) is 87.5 Å². The van der Waals surface area contributed by atoms with Gasteiger partial charge in [-0.15, -0.1) is 0 Å². The molecule has 0 radical (unpaired) electrons. The van der Waals surface area contributed by atoms with Crippen molar-refractivity contribution in [3.05, 3.63) is 29.8 Å². The lowest BCUT2D eigenvalue weighted by Crippen LogP contribution is -2.45. The van der Waals surface area contributed by atoms with Gasteiger partial charge in [-0.25, -0.2) is 8.42 Å². The summed E-state index contributed by atoms with van der Waals surface area (Å²) in [5.41, 5.74) is 0.378. The lowest BCUT2D eigenvalue weighted by Gasteiger charge is -2.29. The molecular formula is C14H16N2O4S. The average Bonchev–Trinajstić information content (AvgIpc) is 2.54. The maximum absolute atomic E-state index is 12.6. The Morgan fingerprint density at radius 3 is 2.95 bits per heavy atom. The van der Waals surface area contributed by atoms with Gasteiger partial charge in [0.15, 0.2) is 11.9 Å². The van der Waals surface area contributed by atoms with Crippen molar-refractivity contribution in [2.24, 2.45) is 0 Å². The monoisotopic (exact) mass is 308 g/mol. The fourth-order valence-electron chi connectivity index (χ4n) is 2.11. The fourth-order valence-corrected chi connectivity index (χ4v) is 3.58. The molecule has 7 heteroatoms. The zero-order valence-corrected chi connectivity index (χ0v) is 12.5. The van der Waals surface area contributed by atoms with Crippen LogP contribution < -0.4 is 0 Å². The summed E-state index contributed by atoms with van der Waals surface area (Å²) in [6.45, 7) is 2.12. The first kappa shape index (κ1) is 15.6. The van der Waals surface area contributed by atoms with E-state index in [0.29, 0.717) is 12.0 Å². The summed E-state index contributed by atoms with van der Waals surface area (Å²) in [5, 5.41) is 8.85. The highest BCUT2D eigenvalue weighted by atomic mass is 32.2. The van der Waals surface area contributed by atoms with Gasteiger partial charge in [0, 0.05) is 18.5 Å². The molecule has 6 nitrogen and oxygen atoms in total. The van der Waals surface area contributed by atoms with Crippen molar-refractivity contribution in [1.29, 1.82) is 5.26 Å². The predicted molar refractivity (Wildman–Crippen MR) is 75.2 cm³/mol. The van der Waals surface area contributed by atoms with Crippen LogP contribution in [0.25, 0.3) is 0 Å². The average molecular weight is 308 g/mol. The molecule has 1 aliphatic heterocycles. The van der Waals surface area contributed by atoms with Gasteiger partial charge in [0.2, 0.25) is 10.0 Å². The van der Waals surface area contributed by atoms with Crippen molar-refractivity contribution in [3.8, 4) is 6.07 Å². The number of hydrogen-bond acceptors (Lipinski definition) is 5. The molecule has 0 spiro atoms. The highest BCUT2D eigenvalue weighted by molar-refractivity contribution is 7.89. The zero-order valence-electron chi connectivity index (χ0n) is 11.7. The Balaban J connectivity index is 2.31. The molecule has 0 aromatic heterocycles. The largest absolute Gasteiger partial charge is 0.361 e. The minimum Gasteiger partial charge on any atom is -0.361 e. The van der Waals surface area contributed by atoms with E-state index in [9.17, 15) is 13.2 Å². The number of carbonyl (C=O) groups excluding carboxylic acids is 1. The molecule has 0 bridgehead atoms. The fraction of sp³-hybridized carbons (Fsp3) is 0.429. The molecule has 0 amide bonds. The molecule has 21 heavy (non-hydrogen) atoms. The van der Waals surface area contributed by atoms with Crippen LogP contribution in [0.2, 0.25) is 0 Å². The maximum Gasteiger partial charge on any atom is 0.243 e. The normalized spacial score (nSPS) is 19.9. The molecule has 2 rings (SSSR count). The molecule has 1 heterocycles. The smallest absolute Gasteiger partial charge is 0.243 e. The number of hydrogen-bond donors (Lipinski definition) is 0. The van der Waals surface area contributed by atoms with Gasteiger partial charge in [-0.05, 0) is 12.1 Å². The van der Waals surface area contributed by atoms with Crippen molar-refractivity contribution in [1.82, 2.24) is 4.31 Å². The van der Waals surface area contributed by atoms with Crippen molar-refractivity contribution < 1.29 is 17.9 Å². The molecule has 1 fully saturated rings. The highest BCUT2D eigenvalue weighted by Crippen LogP contribution is 2.20. The molecule has 0 N–H and O–H groups in total. The number of carbonyl (C=O) groups is 1. The van der Waals surface area contributed by atoms with E-state index < -0.39 is 16.1 Å². The number of ether oxygens (including phenoxy) is 1. The zero-order chi connectivity index (χ0) is 15.5. The number of rotatable bonds is 4. The number of Topliss-reactive ketones (excluding diaryl/α,β-unsaturated/α-hetero) is 1. The molecule has 1 aliphatic rings. The van der Waals surface area contributed by atoms with Crippen LogP contribution in [0, 0.1) is 11.3 Å². The van der Waals surface area contributed by atoms with Crippen LogP contribution in [0.15, 0.2) is 29.2 Å². The second-order valence-corrected chi connectivity index (χ2v) is 6.59. The van der Waals surface area contributed by atoms with Crippen LogP contribution in [0.4, 0.5) is 0 Å². The maximum atomic E-state index is 12.6. The summed E-state index contributed by atoms with van der Waals surface area (Å²) in [7, 11) is -3.72. The van der Waals surface area contributed by atoms with Crippen molar-refractivity contribution >= 4 is 15.8 Å². The Morgan fingerprint density at radius 1 is 1.52 bits per heavy atom. The van der Waals surface area contributed by atoms with Gasteiger partial charge in [0.05, 0.1) is 24.1 Å². The minimum absolute atomic E-state index is 0.00475. The van der Waals surface area contributed by atoms with Crippen molar-refractivity contribution in [3.63, 3.8) is 0 Å². The first-order valence-corrected chi connectivity index (χ1v) is 8.07. The van der Waals surface area contributed by atoms with E-state index >= 15 is 0 Å². The summed E-state index contributed by atoms with van der Waals surface area (Å²) < 4.78 is 31.5. The van der Waals surface area contributed by atoms with Gasteiger partial charge in [-0.2, -0.15) is 9.57 Å². The van der Waals surface area contributed by atoms with Gasteiger partial charge in [-0.3, -0.25) is 4.79 Å². The SMILES string of the molecule is CCC(=O)c1cccc(S(=O)(=O)N2CCOC(C#N)C2)c1. The van der Waals surface area contributed by atoms with Crippen LogP contribution in [-0.2, 0) is 14.8 Å². The second kappa shape index (κ2) is 6.35. The summed E-state index contributed by atoms with van der Waals surface area (Å²) in [4.78, 5) is 11.8. The van der Waals surface area contributed by atoms with Gasteiger partial charge in [0.25, 0.3) is 0 Å². The Morgan fingerprint density at radius 2 is 2.29 bits per heavy atom. The van der Waals surface area contributed by atoms with E-state index in [1.54, 1.807) is 19.1 Å². The molecule has 112 valence electrons. The first-order chi connectivity index (χ1) is 9.98. The van der Waals surface area contributed by atoms with Crippen LogP contribution in [0.5, 0.6) is 0 Å². The van der Waals surface area contributed by atoms with Gasteiger partial charge in [-0.1, -0.05) is 19.1 Å². The molecule has 1 unspecified atom stereocenters. The van der Waals surface area contributed by atoms with Crippen LogP contribution in [0.3, 0.4) is 0 Å². The third kappa shape index (κ3) is 3.29. The van der Waals surface area contributed by atoms with Gasteiger partial charge >= 0.3 is 0 Å². The Labute approximate surface area is 124 Å². The molecule has 0 aliphatic carbocycles. The van der Waals surface area contributed by atoms with Crippen LogP contribution in [0.1, 0.15) is 23.7 Å². The van der Waals surface area contributed by atoms with Gasteiger partial charge < -0.3 is 4.74 Å². The van der Waals surface area contributed by atoms with E-state index in [1.807, 2.05) is 6.07 Å². The van der Waals surface area contributed by atoms with Crippen LogP contribution >= 0.6 is 0 Å². The van der Waals surface area contributed by atoms with Gasteiger partial charge in [0.1, 0.15) is 0 Å². The Kier molecular flexibility index (Phi) is 4.73. The molecule has 1 atom stereocenters. The van der Waals surface area contributed by atoms with E-state index in [-0.39, 0.29) is 30.4 Å². The third-order valence-electron chi connectivity index (χ3n) is 3.29. The lowest BCUT2D eigenvalue weighted by atomic mass is 10.1. The predicted octanol–water partition coefficient (Wildman–Crippen LogP) is 1.19. The quantitative estimate of drug-likeness (QED) is 0.780. The van der Waals surface area contributed by atoms with E-state index in [1.165, 1.54) is 16.4 Å². The summed E-state index contributed by atoms with van der Waals surface area (Å²) in [6.07, 6.45) is -0.439. The molecule has 1 aromatic carbocycles. The number of sulfonamides is 1. The van der Waals surface area contributed by atoms with E-state index in [2.05, 4.69) is 0 Å². The minimum atomic E-state index is -3.72. The molecule has 1 aromatic rings. The van der Waals surface area contributed by atoms with Crippen molar-refractivity contribution in [2.75, 3.05) is 19.7 Å². The summed E-state index contributed by atoms with van der Waals surface area (Å²) in [6, 6.07) is 7.91. The molecule has 1 saturated heterocycles. The lowest BCUT2D eigenvalue weighted by molar-refractivity contribution is 0.0311. The molecule has 0 saturated carbocycles. The number of nitriles is 1. The third-order valence-corrected chi connectivity index (χ3v) is 5.15. The molecular weight excluding hydrogens is 292 g/mol. The van der Waals surface area contributed by atoms with Crippen molar-refractivity contribution in [2.45, 2.75) is 24.3 Å². The van der Waals surface area contributed by atoms with E-state index in [0.717, 1.165) is 0 Å². The number of morpholine rings is 1. The first-order valence-electron chi connectivity index (χ1n) is 6.63. The summed E-state index contributed by atoms with van der Waals surface area (Å²) in [5.74, 6) is -0.107. The Bertz CT molecular complexity index is 678. The second-order valence-electron chi connectivity index (χ2n) is 4.66. The number of ketones is 1. The highest BCUT2D eigenvalue weighted by Gasteiger charge is 2.31. The standard InChI is InChI=1S/C14H16N2O4S/c1-2-14(17)11-4-3-5-13(8-11)21(18,19)16-6-7-20-12(9-15)10-16/h3-5,8,12H,2,6-7,10H2,1H3. The summed E-state index contributed by atoms with van der Waals surface area (Å²) >= 11 is 0. The van der Waals surface area contributed by atoms with E-state index in [4.69, 9.17) is 10.00 Å². The number of nitrogens with zero attached hydrogens (tertiary/aromatic N) is 2. The number of benzene rings is 1.